The summed E-state index contributed by atoms with van der Waals surface area (Å²) in [6, 6.07) is 0. The molecule has 0 saturated heterocycles. The van der Waals surface area contributed by atoms with Crippen molar-refractivity contribution in [2.45, 2.75) is 33.1 Å². The van der Waals surface area contributed by atoms with Crippen molar-refractivity contribution in [1.29, 1.82) is 0 Å². The molecule has 0 saturated carbocycles. The normalized spacial score (nSPS) is 10.7. The van der Waals surface area contributed by atoms with Gasteiger partial charge in [0, 0.05) is 6.42 Å². The van der Waals surface area contributed by atoms with Crippen LogP contribution in [-0.2, 0) is 4.79 Å². The number of nitrogens with zero attached hydrogens (tertiary/aromatic N) is 1. The van der Waals surface area contributed by atoms with Gasteiger partial charge in [0.25, 0.3) is 0 Å². The molecule has 0 aliphatic carbocycles. The van der Waals surface area contributed by atoms with Gasteiger partial charge in [-0.3, -0.25) is 4.79 Å². The minimum Gasteiger partial charge on any atom is -0.369 e. The van der Waals surface area contributed by atoms with E-state index in [2.05, 4.69) is 18.7 Å². The van der Waals surface area contributed by atoms with E-state index in [0.717, 1.165) is 38.9 Å². The van der Waals surface area contributed by atoms with E-state index in [4.69, 9.17) is 5.73 Å². The van der Waals surface area contributed by atoms with Crippen LogP contribution in [0.3, 0.4) is 0 Å². The molecule has 0 rings (SSSR count). The molecule has 13 heavy (non-hydrogen) atoms. The smallest absolute Gasteiger partial charge is 0.221 e. The quantitative estimate of drug-likeness (QED) is 0.577. The summed E-state index contributed by atoms with van der Waals surface area (Å²) in [6.45, 7) is 7.67. The van der Waals surface area contributed by atoms with Crippen molar-refractivity contribution in [2.24, 2.45) is 5.73 Å². The van der Waals surface area contributed by atoms with Crippen LogP contribution in [0.2, 0.25) is 0 Å². The number of unbranched alkanes of at least 4 members (excludes halogenated alkanes) is 2. The van der Waals surface area contributed by atoms with E-state index < -0.39 is 0 Å². The fourth-order valence-corrected chi connectivity index (χ4v) is 1.26. The first-order chi connectivity index (χ1) is 6.20. The van der Waals surface area contributed by atoms with Gasteiger partial charge in [0.2, 0.25) is 5.91 Å². The van der Waals surface area contributed by atoms with E-state index in [9.17, 15) is 4.79 Å². The number of primary amides is 1. The summed E-state index contributed by atoms with van der Waals surface area (Å²) in [5, 5.41) is 0. The second-order valence-corrected chi connectivity index (χ2v) is 3.13. The van der Waals surface area contributed by atoms with Gasteiger partial charge >= 0.3 is 0 Å². The first-order valence-corrected chi connectivity index (χ1v) is 5.05. The third-order valence-corrected chi connectivity index (χ3v) is 2.17. The zero-order valence-corrected chi connectivity index (χ0v) is 8.75. The number of nitrogens with two attached hydrogens (primary N) is 1. The predicted octanol–water partition coefficient (Wildman–Crippen LogP) is 1.19. The number of hydrogen-bond acceptors (Lipinski definition) is 2. The van der Waals surface area contributed by atoms with E-state index >= 15 is 0 Å². The third-order valence-electron chi connectivity index (χ3n) is 2.17. The average molecular weight is 185 g/mol. The summed E-state index contributed by atoms with van der Waals surface area (Å²) in [4.78, 5) is 12.7. The van der Waals surface area contributed by atoms with Crippen molar-refractivity contribution in [1.82, 2.24) is 4.90 Å². The topological polar surface area (TPSA) is 46.3 Å². The summed E-state index contributed by atoms with van der Waals surface area (Å²) >= 11 is 0. The summed E-state index contributed by atoms with van der Waals surface area (Å²) in [6.07, 6.45) is 4.57. The molecule has 0 spiro atoms. The van der Waals surface area contributed by atoms with Gasteiger partial charge in [-0.05, 0) is 32.5 Å². The lowest BCUT2D eigenvalue weighted by Gasteiger charge is -2.17. The lowest BCUT2D eigenvalue weighted by Crippen LogP contribution is -2.23. The van der Waals surface area contributed by atoms with Gasteiger partial charge in [-0.15, -0.1) is 0 Å². The maximum Gasteiger partial charge on any atom is 0.221 e. The van der Waals surface area contributed by atoms with E-state index in [1.165, 1.54) is 0 Å². The Morgan fingerprint density at radius 3 is 2.38 bits per heavy atom. The SMILES string of the molecule is CCN(CC)CCCC[CH]C(N)=O. The van der Waals surface area contributed by atoms with Crippen molar-refractivity contribution >= 4 is 5.91 Å². The van der Waals surface area contributed by atoms with Gasteiger partial charge < -0.3 is 10.6 Å². The first kappa shape index (κ1) is 12.4. The predicted molar refractivity (Wildman–Crippen MR) is 55.1 cm³/mol. The van der Waals surface area contributed by atoms with Gasteiger partial charge in [-0.25, -0.2) is 0 Å². The molecule has 0 aromatic rings. The fraction of sp³-hybridized carbons (Fsp3) is 0.800. The van der Waals surface area contributed by atoms with Crippen LogP contribution in [0, 0.1) is 6.42 Å². The van der Waals surface area contributed by atoms with Crippen LogP contribution >= 0.6 is 0 Å². The molecule has 3 heteroatoms. The summed E-state index contributed by atoms with van der Waals surface area (Å²) in [5.74, 6) is -0.303. The van der Waals surface area contributed by atoms with E-state index in [1.54, 1.807) is 6.42 Å². The fourth-order valence-electron chi connectivity index (χ4n) is 1.26. The van der Waals surface area contributed by atoms with Crippen LogP contribution in [0.4, 0.5) is 0 Å². The van der Waals surface area contributed by atoms with E-state index in [-0.39, 0.29) is 5.91 Å². The Bertz CT molecular complexity index is 133. The molecule has 0 aliphatic rings. The molecule has 0 bridgehead atoms. The van der Waals surface area contributed by atoms with Crippen molar-refractivity contribution < 1.29 is 4.79 Å². The van der Waals surface area contributed by atoms with Crippen LogP contribution in [0.1, 0.15) is 33.1 Å². The molecule has 0 aromatic heterocycles. The minimum absolute atomic E-state index is 0.303. The molecule has 2 N–H and O–H groups in total. The molecule has 77 valence electrons. The maximum atomic E-state index is 10.4. The highest BCUT2D eigenvalue weighted by Gasteiger charge is 1.99. The van der Waals surface area contributed by atoms with E-state index in [0.29, 0.717) is 0 Å². The second kappa shape index (κ2) is 8.05. The molecule has 0 aliphatic heterocycles. The molecule has 0 fully saturated rings. The zero-order valence-electron chi connectivity index (χ0n) is 8.75. The summed E-state index contributed by atoms with van der Waals surface area (Å²) in [5.41, 5.74) is 4.98. The number of rotatable bonds is 8. The lowest BCUT2D eigenvalue weighted by molar-refractivity contribution is -0.115. The van der Waals surface area contributed by atoms with Gasteiger partial charge in [0.15, 0.2) is 0 Å². The molecule has 1 amide bonds. The van der Waals surface area contributed by atoms with Crippen LogP contribution < -0.4 is 5.73 Å². The van der Waals surface area contributed by atoms with Crippen LogP contribution in [0.5, 0.6) is 0 Å². The second-order valence-electron chi connectivity index (χ2n) is 3.13. The van der Waals surface area contributed by atoms with Gasteiger partial charge in [0.1, 0.15) is 0 Å². The highest BCUT2D eigenvalue weighted by molar-refractivity contribution is 5.82. The Morgan fingerprint density at radius 1 is 1.31 bits per heavy atom. The number of amides is 1. The number of hydrogen-bond donors (Lipinski definition) is 1. The number of carbonyl (C=O) groups excluding carboxylic acids is 1. The molecule has 1 radical (unpaired) electrons. The first-order valence-electron chi connectivity index (χ1n) is 5.05. The Balaban J connectivity index is 3.19. The number of carbonyl (C=O) groups is 1. The van der Waals surface area contributed by atoms with Crippen molar-refractivity contribution in [3.63, 3.8) is 0 Å². The molecule has 3 nitrogen and oxygen atoms in total. The summed E-state index contributed by atoms with van der Waals surface area (Å²) < 4.78 is 0. The molecular formula is C10H21N2O. The minimum atomic E-state index is -0.303. The lowest BCUT2D eigenvalue weighted by atomic mass is 10.2. The summed E-state index contributed by atoms with van der Waals surface area (Å²) in [7, 11) is 0. The maximum absolute atomic E-state index is 10.4. The third kappa shape index (κ3) is 7.78. The molecule has 0 unspecified atom stereocenters. The molecule has 0 heterocycles. The van der Waals surface area contributed by atoms with Crippen molar-refractivity contribution in [3.8, 4) is 0 Å². The van der Waals surface area contributed by atoms with E-state index in [1.807, 2.05) is 0 Å². The standard InChI is InChI=1S/C10H21N2O/c1-3-12(4-2)9-7-5-6-8-10(11)13/h8H,3-7,9H2,1-2H3,(H2,11,13). The van der Waals surface area contributed by atoms with Crippen LogP contribution in [0.15, 0.2) is 0 Å². The Labute approximate surface area is 81.3 Å². The highest BCUT2D eigenvalue weighted by Crippen LogP contribution is 2.00. The average Bonchev–Trinajstić information content (AvgIpc) is 2.11. The zero-order chi connectivity index (χ0) is 10.1. The Hall–Kier alpha value is -0.570. The monoisotopic (exact) mass is 185 g/mol. The molecule has 0 atom stereocenters. The van der Waals surface area contributed by atoms with Gasteiger partial charge in [-0.2, -0.15) is 0 Å². The van der Waals surface area contributed by atoms with Gasteiger partial charge in [0.05, 0.1) is 0 Å². The Morgan fingerprint density at radius 2 is 1.92 bits per heavy atom. The molecular weight excluding hydrogens is 164 g/mol. The molecule has 0 aromatic carbocycles. The Kier molecular flexibility index (Phi) is 7.69. The highest BCUT2D eigenvalue weighted by atomic mass is 16.1. The van der Waals surface area contributed by atoms with Gasteiger partial charge in [-0.1, -0.05) is 20.3 Å². The van der Waals surface area contributed by atoms with Crippen LogP contribution in [0.25, 0.3) is 0 Å². The van der Waals surface area contributed by atoms with Crippen LogP contribution in [-0.4, -0.2) is 30.4 Å². The van der Waals surface area contributed by atoms with Crippen molar-refractivity contribution in [2.75, 3.05) is 19.6 Å². The largest absolute Gasteiger partial charge is 0.369 e. The van der Waals surface area contributed by atoms with Crippen molar-refractivity contribution in [3.05, 3.63) is 6.42 Å².